The number of carbonyl (C=O) groups excluding carboxylic acids is 1. The van der Waals surface area contributed by atoms with Crippen LogP contribution in [0.15, 0.2) is 36.5 Å². The Labute approximate surface area is 118 Å². The van der Waals surface area contributed by atoms with Gasteiger partial charge in [-0.1, -0.05) is 6.07 Å². The van der Waals surface area contributed by atoms with Crippen molar-refractivity contribution in [2.24, 2.45) is 0 Å². The molecule has 0 saturated heterocycles. The number of rotatable bonds is 3. The number of benzene rings is 1. The van der Waals surface area contributed by atoms with Crippen molar-refractivity contribution in [2.45, 2.75) is 6.92 Å². The van der Waals surface area contributed by atoms with Crippen LogP contribution in [-0.2, 0) is 0 Å². The standard InChI is InChI=1S/C15H18N4O/c1-10-5-4-8-17-14(10)18-15(20)12-9-11(16)6-7-13(12)19(2)3/h4-9H,16H2,1-3H3,(H,17,18,20). The molecule has 0 aliphatic rings. The van der Waals surface area contributed by atoms with E-state index in [9.17, 15) is 4.79 Å². The predicted molar refractivity (Wildman–Crippen MR) is 82.1 cm³/mol. The molecule has 2 aromatic rings. The minimum Gasteiger partial charge on any atom is -0.399 e. The number of pyridine rings is 1. The first-order chi connectivity index (χ1) is 9.49. The fourth-order valence-electron chi connectivity index (χ4n) is 1.92. The zero-order valence-electron chi connectivity index (χ0n) is 11.8. The lowest BCUT2D eigenvalue weighted by molar-refractivity contribution is 0.102. The molecule has 0 unspecified atom stereocenters. The monoisotopic (exact) mass is 270 g/mol. The molecule has 0 radical (unpaired) electrons. The number of nitrogens with two attached hydrogens (primary N) is 1. The highest BCUT2D eigenvalue weighted by molar-refractivity contribution is 6.08. The lowest BCUT2D eigenvalue weighted by atomic mass is 10.1. The van der Waals surface area contributed by atoms with Crippen molar-refractivity contribution in [3.8, 4) is 0 Å². The Morgan fingerprint density at radius 2 is 2.05 bits per heavy atom. The van der Waals surface area contributed by atoms with Gasteiger partial charge in [0.05, 0.1) is 5.56 Å². The zero-order chi connectivity index (χ0) is 14.7. The molecular formula is C15H18N4O. The van der Waals surface area contributed by atoms with Crippen molar-refractivity contribution in [1.29, 1.82) is 0 Å². The van der Waals surface area contributed by atoms with E-state index in [4.69, 9.17) is 5.73 Å². The largest absolute Gasteiger partial charge is 0.399 e. The van der Waals surface area contributed by atoms with Gasteiger partial charge in [0.15, 0.2) is 0 Å². The van der Waals surface area contributed by atoms with Crippen LogP contribution in [0.2, 0.25) is 0 Å². The first-order valence-electron chi connectivity index (χ1n) is 6.29. The van der Waals surface area contributed by atoms with Crippen LogP contribution in [0.4, 0.5) is 17.2 Å². The maximum atomic E-state index is 12.4. The summed E-state index contributed by atoms with van der Waals surface area (Å²) in [6, 6.07) is 9.00. The summed E-state index contributed by atoms with van der Waals surface area (Å²) >= 11 is 0. The van der Waals surface area contributed by atoms with Crippen LogP contribution in [0.1, 0.15) is 15.9 Å². The van der Waals surface area contributed by atoms with Crippen molar-refractivity contribution < 1.29 is 4.79 Å². The third kappa shape index (κ3) is 2.88. The van der Waals surface area contributed by atoms with Crippen LogP contribution in [0.3, 0.4) is 0 Å². The second-order valence-corrected chi connectivity index (χ2v) is 4.79. The average molecular weight is 270 g/mol. The number of aromatic nitrogens is 1. The summed E-state index contributed by atoms with van der Waals surface area (Å²) in [6.45, 7) is 1.90. The summed E-state index contributed by atoms with van der Waals surface area (Å²) in [7, 11) is 3.77. The van der Waals surface area contributed by atoms with Crippen LogP contribution in [0.25, 0.3) is 0 Å². The first-order valence-corrected chi connectivity index (χ1v) is 6.29. The third-order valence-corrected chi connectivity index (χ3v) is 2.99. The summed E-state index contributed by atoms with van der Waals surface area (Å²) in [6.07, 6.45) is 1.65. The molecule has 20 heavy (non-hydrogen) atoms. The Morgan fingerprint density at radius 3 is 2.70 bits per heavy atom. The quantitative estimate of drug-likeness (QED) is 0.839. The highest BCUT2D eigenvalue weighted by Crippen LogP contribution is 2.22. The Morgan fingerprint density at radius 1 is 1.30 bits per heavy atom. The third-order valence-electron chi connectivity index (χ3n) is 2.99. The van der Waals surface area contributed by atoms with Crippen molar-refractivity contribution in [3.05, 3.63) is 47.7 Å². The number of anilines is 3. The van der Waals surface area contributed by atoms with E-state index >= 15 is 0 Å². The van der Waals surface area contributed by atoms with E-state index in [0.717, 1.165) is 11.3 Å². The molecule has 0 atom stereocenters. The van der Waals surface area contributed by atoms with Crippen molar-refractivity contribution in [1.82, 2.24) is 4.98 Å². The summed E-state index contributed by atoms with van der Waals surface area (Å²) in [4.78, 5) is 18.4. The van der Waals surface area contributed by atoms with E-state index in [1.165, 1.54) is 0 Å². The van der Waals surface area contributed by atoms with E-state index in [2.05, 4.69) is 10.3 Å². The van der Waals surface area contributed by atoms with E-state index in [0.29, 0.717) is 17.1 Å². The highest BCUT2D eigenvalue weighted by atomic mass is 16.1. The molecule has 5 heteroatoms. The Bertz CT molecular complexity index is 638. The minimum atomic E-state index is -0.220. The first kappa shape index (κ1) is 13.9. The maximum absolute atomic E-state index is 12.4. The fraction of sp³-hybridized carbons (Fsp3) is 0.200. The molecule has 0 fully saturated rings. The molecule has 1 aromatic carbocycles. The molecule has 3 N–H and O–H groups in total. The molecule has 104 valence electrons. The summed E-state index contributed by atoms with van der Waals surface area (Å²) in [5, 5.41) is 2.82. The van der Waals surface area contributed by atoms with Crippen LogP contribution in [0.5, 0.6) is 0 Å². The second kappa shape index (κ2) is 5.61. The van der Waals surface area contributed by atoms with Crippen LogP contribution in [0, 0.1) is 6.92 Å². The van der Waals surface area contributed by atoms with E-state index in [1.807, 2.05) is 44.1 Å². The van der Waals surface area contributed by atoms with Crippen LogP contribution < -0.4 is 16.0 Å². The second-order valence-electron chi connectivity index (χ2n) is 4.79. The number of hydrogen-bond acceptors (Lipinski definition) is 4. The molecule has 1 heterocycles. The molecule has 0 spiro atoms. The zero-order valence-corrected chi connectivity index (χ0v) is 11.8. The van der Waals surface area contributed by atoms with E-state index in [-0.39, 0.29) is 5.91 Å². The SMILES string of the molecule is Cc1cccnc1NC(=O)c1cc(N)ccc1N(C)C. The summed E-state index contributed by atoms with van der Waals surface area (Å²) in [5.74, 6) is 0.340. The molecule has 0 saturated carbocycles. The number of nitrogens with one attached hydrogen (secondary N) is 1. The van der Waals surface area contributed by atoms with Gasteiger partial charge in [0.1, 0.15) is 5.82 Å². The minimum absolute atomic E-state index is 0.220. The smallest absolute Gasteiger partial charge is 0.259 e. The predicted octanol–water partition coefficient (Wildman–Crippen LogP) is 2.29. The maximum Gasteiger partial charge on any atom is 0.259 e. The van der Waals surface area contributed by atoms with Crippen molar-refractivity contribution in [2.75, 3.05) is 30.0 Å². The Hall–Kier alpha value is -2.56. The van der Waals surface area contributed by atoms with Crippen molar-refractivity contribution >= 4 is 23.1 Å². The van der Waals surface area contributed by atoms with Crippen LogP contribution in [-0.4, -0.2) is 25.0 Å². The lowest BCUT2D eigenvalue weighted by Gasteiger charge is -2.17. The van der Waals surface area contributed by atoms with Gasteiger partial charge in [-0.15, -0.1) is 0 Å². The van der Waals surface area contributed by atoms with Crippen molar-refractivity contribution in [3.63, 3.8) is 0 Å². The van der Waals surface area contributed by atoms with Gasteiger partial charge < -0.3 is 16.0 Å². The Balaban J connectivity index is 2.34. The topological polar surface area (TPSA) is 71.2 Å². The number of hydrogen-bond donors (Lipinski definition) is 2. The van der Waals surface area contributed by atoms with Crippen LogP contribution >= 0.6 is 0 Å². The van der Waals surface area contributed by atoms with Gasteiger partial charge in [0, 0.05) is 31.7 Å². The normalized spacial score (nSPS) is 10.2. The van der Waals surface area contributed by atoms with Gasteiger partial charge in [-0.2, -0.15) is 0 Å². The number of nitrogen functional groups attached to an aromatic ring is 1. The Kier molecular flexibility index (Phi) is 3.89. The van der Waals surface area contributed by atoms with Gasteiger partial charge >= 0.3 is 0 Å². The van der Waals surface area contributed by atoms with Gasteiger partial charge in [-0.3, -0.25) is 4.79 Å². The van der Waals surface area contributed by atoms with Gasteiger partial charge in [0.2, 0.25) is 0 Å². The molecule has 0 bridgehead atoms. The number of amides is 1. The molecule has 2 rings (SSSR count). The van der Waals surface area contributed by atoms with Gasteiger partial charge in [-0.05, 0) is 36.8 Å². The summed E-state index contributed by atoms with van der Waals surface area (Å²) in [5.41, 5.74) is 8.58. The fourth-order valence-corrected chi connectivity index (χ4v) is 1.92. The average Bonchev–Trinajstić information content (AvgIpc) is 2.40. The number of carbonyl (C=O) groups is 1. The van der Waals surface area contributed by atoms with E-state index in [1.54, 1.807) is 18.3 Å². The number of aryl methyl sites for hydroxylation is 1. The molecular weight excluding hydrogens is 252 g/mol. The molecule has 1 aromatic heterocycles. The highest BCUT2D eigenvalue weighted by Gasteiger charge is 2.14. The van der Waals surface area contributed by atoms with Gasteiger partial charge in [-0.25, -0.2) is 4.98 Å². The molecule has 0 aliphatic heterocycles. The molecule has 5 nitrogen and oxygen atoms in total. The summed E-state index contributed by atoms with van der Waals surface area (Å²) < 4.78 is 0. The van der Waals surface area contributed by atoms with Gasteiger partial charge in [0.25, 0.3) is 5.91 Å². The lowest BCUT2D eigenvalue weighted by Crippen LogP contribution is -2.19. The van der Waals surface area contributed by atoms with E-state index < -0.39 is 0 Å². The molecule has 1 amide bonds. The number of nitrogens with zero attached hydrogens (tertiary/aromatic N) is 2. The molecule has 0 aliphatic carbocycles.